The average Bonchev–Trinajstić information content (AvgIpc) is 1.84. The van der Waals surface area contributed by atoms with Crippen LogP contribution >= 0.6 is 0 Å². The standard InChI is InChI=1S/C9H15NO/c1-3-7-10(2)9(11)8-5-4-6-8/h3,8H,1,4-7H2,2H3. The van der Waals surface area contributed by atoms with Gasteiger partial charge in [-0.15, -0.1) is 6.58 Å². The highest BCUT2D eigenvalue weighted by atomic mass is 16.2. The third-order valence-electron chi connectivity index (χ3n) is 2.23. The van der Waals surface area contributed by atoms with Gasteiger partial charge in [-0.3, -0.25) is 4.79 Å². The SMILES string of the molecule is C=CCN(C)C(=O)C1CCC1. The summed E-state index contributed by atoms with van der Waals surface area (Å²) in [6.07, 6.45) is 5.15. The van der Waals surface area contributed by atoms with Crippen LogP contribution in [0.25, 0.3) is 0 Å². The minimum Gasteiger partial charge on any atom is -0.342 e. The topological polar surface area (TPSA) is 20.3 Å². The van der Waals surface area contributed by atoms with Crippen molar-refractivity contribution in [2.75, 3.05) is 13.6 Å². The van der Waals surface area contributed by atoms with Crippen molar-refractivity contribution in [1.29, 1.82) is 0 Å². The van der Waals surface area contributed by atoms with E-state index in [4.69, 9.17) is 0 Å². The van der Waals surface area contributed by atoms with Crippen LogP contribution in [-0.2, 0) is 4.79 Å². The maximum absolute atomic E-state index is 11.4. The highest BCUT2D eigenvalue weighted by Crippen LogP contribution is 2.27. The van der Waals surface area contributed by atoms with Gasteiger partial charge in [-0.25, -0.2) is 0 Å². The second-order valence-electron chi connectivity index (χ2n) is 3.14. The zero-order chi connectivity index (χ0) is 8.27. The number of likely N-dealkylation sites (N-methyl/N-ethyl adjacent to an activating group) is 1. The van der Waals surface area contributed by atoms with Crippen LogP contribution in [0.5, 0.6) is 0 Å². The lowest BCUT2D eigenvalue weighted by Crippen LogP contribution is -2.36. The number of hydrogen-bond acceptors (Lipinski definition) is 1. The lowest BCUT2D eigenvalue weighted by atomic mass is 9.84. The lowest BCUT2D eigenvalue weighted by Gasteiger charge is -2.28. The molecule has 0 atom stereocenters. The molecular formula is C9H15NO. The molecule has 1 aliphatic carbocycles. The fourth-order valence-corrected chi connectivity index (χ4v) is 1.25. The maximum atomic E-state index is 11.4. The van der Waals surface area contributed by atoms with Crippen molar-refractivity contribution in [2.24, 2.45) is 5.92 Å². The Morgan fingerprint density at radius 1 is 1.73 bits per heavy atom. The van der Waals surface area contributed by atoms with Crippen molar-refractivity contribution in [2.45, 2.75) is 19.3 Å². The normalized spacial score (nSPS) is 17.2. The highest BCUT2D eigenvalue weighted by Gasteiger charge is 2.26. The molecule has 0 bridgehead atoms. The van der Waals surface area contributed by atoms with Gasteiger partial charge in [0.1, 0.15) is 0 Å². The van der Waals surface area contributed by atoms with Gasteiger partial charge in [0.05, 0.1) is 0 Å². The predicted octanol–water partition coefficient (Wildman–Crippen LogP) is 1.43. The van der Waals surface area contributed by atoms with Gasteiger partial charge in [0.15, 0.2) is 0 Å². The van der Waals surface area contributed by atoms with Crippen LogP contribution in [0.3, 0.4) is 0 Å². The smallest absolute Gasteiger partial charge is 0.225 e. The second kappa shape index (κ2) is 3.56. The third-order valence-corrected chi connectivity index (χ3v) is 2.23. The molecule has 1 fully saturated rings. The summed E-state index contributed by atoms with van der Waals surface area (Å²) in [6.45, 7) is 4.27. The minimum absolute atomic E-state index is 0.288. The summed E-state index contributed by atoms with van der Waals surface area (Å²) in [7, 11) is 1.84. The number of rotatable bonds is 3. The van der Waals surface area contributed by atoms with Crippen LogP contribution in [0.4, 0.5) is 0 Å². The molecule has 2 nitrogen and oxygen atoms in total. The largest absolute Gasteiger partial charge is 0.342 e. The average molecular weight is 153 g/mol. The van der Waals surface area contributed by atoms with Crippen molar-refractivity contribution in [3.63, 3.8) is 0 Å². The van der Waals surface area contributed by atoms with Gasteiger partial charge < -0.3 is 4.90 Å². The Labute approximate surface area is 67.9 Å². The number of hydrogen-bond donors (Lipinski definition) is 0. The number of carbonyl (C=O) groups is 1. The fraction of sp³-hybridized carbons (Fsp3) is 0.667. The summed E-state index contributed by atoms with van der Waals surface area (Å²) in [5.41, 5.74) is 0. The Kier molecular flexibility index (Phi) is 2.69. The van der Waals surface area contributed by atoms with Gasteiger partial charge in [0.2, 0.25) is 5.91 Å². The van der Waals surface area contributed by atoms with E-state index < -0.39 is 0 Å². The fourth-order valence-electron chi connectivity index (χ4n) is 1.25. The van der Waals surface area contributed by atoms with Crippen molar-refractivity contribution < 1.29 is 4.79 Å². The molecule has 0 saturated heterocycles. The van der Waals surface area contributed by atoms with Gasteiger partial charge >= 0.3 is 0 Å². The first-order valence-corrected chi connectivity index (χ1v) is 4.11. The molecule has 0 unspecified atom stereocenters. The minimum atomic E-state index is 0.288. The quantitative estimate of drug-likeness (QED) is 0.562. The van der Waals surface area contributed by atoms with Crippen LogP contribution in [0.1, 0.15) is 19.3 Å². The summed E-state index contributed by atoms with van der Waals surface area (Å²) < 4.78 is 0. The summed E-state index contributed by atoms with van der Waals surface area (Å²) in [5, 5.41) is 0. The first kappa shape index (κ1) is 8.31. The zero-order valence-corrected chi connectivity index (χ0v) is 7.05. The molecule has 1 rings (SSSR count). The maximum Gasteiger partial charge on any atom is 0.225 e. The van der Waals surface area contributed by atoms with Gasteiger partial charge in [-0.05, 0) is 12.8 Å². The molecule has 11 heavy (non-hydrogen) atoms. The molecule has 0 spiro atoms. The van der Waals surface area contributed by atoms with Crippen molar-refractivity contribution in [3.05, 3.63) is 12.7 Å². The summed E-state index contributed by atoms with van der Waals surface area (Å²) in [4.78, 5) is 13.1. The Hall–Kier alpha value is -0.790. The second-order valence-corrected chi connectivity index (χ2v) is 3.14. The Morgan fingerprint density at radius 2 is 2.36 bits per heavy atom. The van der Waals surface area contributed by atoms with Gasteiger partial charge in [-0.1, -0.05) is 12.5 Å². The number of nitrogens with zero attached hydrogens (tertiary/aromatic N) is 1. The lowest BCUT2D eigenvalue weighted by molar-refractivity contribution is -0.136. The third kappa shape index (κ3) is 1.82. The predicted molar refractivity (Wildman–Crippen MR) is 45.2 cm³/mol. The van der Waals surface area contributed by atoms with Crippen LogP contribution < -0.4 is 0 Å². The molecule has 0 aromatic rings. The molecule has 0 radical (unpaired) electrons. The Balaban J connectivity index is 2.32. The van der Waals surface area contributed by atoms with E-state index in [0.29, 0.717) is 12.5 Å². The van der Waals surface area contributed by atoms with E-state index in [1.807, 2.05) is 7.05 Å². The first-order valence-electron chi connectivity index (χ1n) is 4.11. The zero-order valence-electron chi connectivity index (χ0n) is 7.05. The van der Waals surface area contributed by atoms with E-state index in [9.17, 15) is 4.79 Å². The van der Waals surface area contributed by atoms with E-state index in [1.165, 1.54) is 6.42 Å². The molecule has 1 aliphatic rings. The number of amides is 1. The van der Waals surface area contributed by atoms with E-state index in [2.05, 4.69) is 6.58 Å². The highest BCUT2D eigenvalue weighted by molar-refractivity contribution is 5.79. The summed E-state index contributed by atoms with van der Waals surface area (Å²) in [5.74, 6) is 0.608. The summed E-state index contributed by atoms with van der Waals surface area (Å²) in [6, 6.07) is 0. The molecule has 0 aromatic carbocycles. The van der Waals surface area contributed by atoms with Gasteiger partial charge in [0, 0.05) is 19.5 Å². The Morgan fingerprint density at radius 3 is 2.73 bits per heavy atom. The molecule has 1 amide bonds. The van der Waals surface area contributed by atoms with Crippen molar-refractivity contribution in [3.8, 4) is 0 Å². The molecule has 0 heterocycles. The first-order chi connectivity index (χ1) is 5.25. The molecule has 1 saturated carbocycles. The Bertz CT molecular complexity index is 161. The van der Waals surface area contributed by atoms with Crippen molar-refractivity contribution in [1.82, 2.24) is 4.90 Å². The number of carbonyl (C=O) groups excluding carboxylic acids is 1. The van der Waals surface area contributed by atoms with Gasteiger partial charge in [0.25, 0.3) is 0 Å². The van der Waals surface area contributed by atoms with E-state index >= 15 is 0 Å². The molecule has 2 heteroatoms. The van der Waals surface area contributed by atoms with Crippen molar-refractivity contribution >= 4 is 5.91 Å². The van der Waals surface area contributed by atoms with Crippen LogP contribution in [0.15, 0.2) is 12.7 Å². The van der Waals surface area contributed by atoms with E-state index in [1.54, 1.807) is 11.0 Å². The van der Waals surface area contributed by atoms with Crippen LogP contribution in [-0.4, -0.2) is 24.4 Å². The molecular weight excluding hydrogens is 138 g/mol. The molecule has 0 aliphatic heterocycles. The van der Waals surface area contributed by atoms with Crippen LogP contribution in [0.2, 0.25) is 0 Å². The molecule has 0 N–H and O–H groups in total. The monoisotopic (exact) mass is 153 g/mol. The van der Waals surface area contributed by atoms with E-state index in [-0.39, 0.29) is 5.91 Å². The van der Waals surface area contributed by atoms with Crippen LogP contribution in [0, 0.1) is 5.92 Å². The summed E-state index contributed by atoms with van der Waals surface area (Å²) >= 11 is 0. The molecule has 0 aromatic heterocycles. The molecule has 62 valence electrons. The van der Waals surface area contributed by atoms with E-state index in [0.717, 1.165) is 12.8 Å². The van der Waals surface area contributed by atoms with Gasteiger partial charge in [-0.2, -0.15) is 0 Å².